The van der Waals surface area contributed by atoms with Crippen molar-refractivity contribution < 1.29 is 19.1 Å². The highest BCUT2D eigenvalue weighted by Crippen LogP contribution is 2.36. The zero-order valence-corrected chi connectivity index (χ0v) is 12.7. The van der Waals surface area contributed by atoms with Crippen LogP contribution in [0.1, 0.15) is 5.56 Å². The van der Waals surface area contributed by atoms with Crippen molar-refractivity contribution in [3.63, 3.8) is 0 Å². The Balaban J connectivity index is 2.57. The molecule has 2 aromatic rings. The molecule has 0 aliphatic heterocycles. The molecule has 0 N–H and O–H groups in total. The summed E-state index contributed by atoms with van der Waals surface area (Å²) in [6.45, 7) is 1.75. The SMILES string of the molecule is Cc1cc(OC(=O)CCl)c2ccccc2c1OC(=O)CCl. The lowest BCUT2D eigenvalue weighted by atomic mass is 10.0. The van der Waals surface area contributed by atoms with Gasteiger partial charge < -0.3 is 9.47 Å². The molecule has 0 aromatic heterocycles. The number of hydrogen-bond donors (Lipinski definition) is 0. The zero-order valence-electron chi connectivity index (χ0n) is 11.2. The van der Waals surface area contributed by atoms with Gasteiger partial charge in [-0.05, 0) is 18.6 Å². The van der Waals surface area contributed by atoms with E-state index in [0.717, 1.165) is 0 Å². The van der Waals surface area contributed by atoms with Crippen molar-refractivity contribution >= 4 is 45.9 Å². The average Bonchev–Trinajstić information content (AvgIpc) is 2.50. The molecule has 0 saturated carbocycles. The predicted molar refractivity (Wildman–Crippen MR) is 81.4 cm³/mol. The van der Waals surface area contributed by atoms with Crippen LogP contribution in [0, 0.1) is 6.92 Å². The van der Waals surface area contributed by atoms with Crippen LogP contribution in [-0.4, -0.2) is 23.7 Å². The maximum absolute atomic E-state index is 11.4. The van der Waals surface area contributed by atoms with Crippen molar-refractivity contribution in [3.8, 4) is 11.5 Å². The second-order valence-corrected chi connectivity index (χ2v) is 4.82. The van der Waals surface area contributed by atoms with Gasteiger partial charge in [0.25, 0.3) is 0 Å². The fourth-order valence-electron chi connectivity index (χ4n) is 1.96. The fraction of sp³-hybridized carbons (Fsp3) is 0.200. The molecule has 0 saturated heterocycles. The van der Waals surface area contributed by atoms with Crippen molar-refractivity contribution in [2.45, 2.75) is 6.92 Å². The van der Waals surface area contributed by atoms with Crippen LogP contribution in [0.25, 0.3) is 10.8 Å². The third kappa shape index (κ3) is 3.46. The van der Waals surface area contributed by atoms with E-state index in [1.807, 2.05) is 0 Å². The molecule has 0 radical (unpaired) electrons. The molecular weight excluding hydrogens is 315 g/mol. The van der Waals surface area contributed by atoms with E-state index in [9.17, 15) is 9.59 Å². The van der Waals surface area contributed by atoms with Crippen LogP contribution >= 0.6 is 23.2 Å². The summed E-state index contributed by atoms with van der Waals surface area (Å²) in [6.07, 6.45) is 0. The van der Waals surface area contributed by atoms with E-state index >= 15 is 0 Å². The summed E-state index contributed by atoms with van der Waals surface area (Å²) in [6, 6.07) is 8.76. The highest BCUT2D eigenvalue weighted by molar-refractivity contribution is 6.27. The smallest absolute Gasteiger partial charge is 0.326 e. The number of rotatable bonds is 4. The molecule has 0 bridgehead atoms. The summed E-state index contributed by atoms with van der Waals surface area (Å²) in [4.78, 5) is 22.8. The topological polar surface area (TPSA) is 52.6 Å². The van der Waals surface area contributed by atoms with Crippen LogP contribution in [0.15, 0.2) is 30.3 Å². The normalized spacial score (nSPS) is 10.4. The molecule has 4 nitrogen and oxygen atoms in total. The number of alkyl halides is 2. The Morgan fingerprint density at radius 3 is 2.19 bits per heavy atom. The molecule has 0 aliphatic carbocycles. The summed E-state index contributed by atoms with van der Waals surface area (Å²) in [5.74, 6) is -0.795. The van der Waals surface area contributed by atoms with Gasteiger partial charge in [0, 0.05) is 10.8 Å². The van der Waals surface area contributed by atoms with Gasteiger partial charge in [0.2, 0.25) is 0 Å². The molecule has 0 aliphatic rings. The van der Waals surface area contributed by atoms with Gasteiger partial charge >= 0.3 is 11.9 Å². The van der Waals surface area contributed by atoms with Crippen LogP contribution in [0.5, 0.6) is 11.5 Å². The largest absolute Gasteiger partial charge is 0.425 e. The lowest BCUT2D eigenvalue weighted by molar-refractivity contribution is -0.132. The van der Waals surface area contributed by atoms with Crippen LogP contribution in [0.2, 0.25) is 0 Å². The summed E-state index contributed by atoms with van der Waals surface area (Å²) >= 11 is 10.9. The predicted octanol–water partition coefficient (Wildman–Crippen LogP) is 3.44. The van der Waals surface area contributed by atoms with Gasteiger partial charge in [-0.1, -0.05) is 24.3 Å². The van der Waals surface area contributed by atoms with Gasteiger partial charge in [-0.2, -0.15) is 0 Å². The average molecular weight is 327 g/mol. The number of aryl methyl sites for hydroxylation is 1. The van der Waals surface area contributed by atoms with Gasteiger partial charge in [-0.3, -0.25) is 9.59 Å². The van der Waals surface area contributed by atoms with E-state index in [1.54, 1.807) is 37.3 Å². The van der Waals surface area contributed by atoms with Crippen molar-refractivity contribution in [2.75, 3.05) is 11.8 Å². The lowest BCUT2D eigenvalue weighted by Gasteiger charge is -2.13. The number of benzene rings is 2. The van der Waals surface area contributed by atoms with Crippen LogP contribution < -0.4 is 9.47 Å². The third-order valence-corrected chi connectivity index (χ3v) is 3.24. The number of hydrogen-bond acceptors (Lipinski definition) is 4. The van der Waals surface area contributed by atoms with Gasteiger partial charge in [0.1, 0.15) is 23.3 Å². The minimum absolute atomic E-state index is 0.239. The van der Waals surface area contributed by atoms with Crippen molar-refractivity contribution in [1.29, 1.82) is 0 Å². The first-order chi connectivity index (χ1) is 10.1. The Kier molecular flexibility index (Phi) is 5.04. The van der Waals surface area contributed by atoms with E-state index in [-0.39, 0.29) is 11.8 Å². The Bertz CT molecular complexity index is 697. The molecule has 0 fully saturated rings. The van der Waals surface area contributed by atoms with E-state index in [0.29, 0.717) is 27.8 Å². The van der Waals surface area contributed by atoms with E-state index in [1.165, 1.54) is 0 Å². The summed E-state index contributed by atoms with van der Waals surface area (Å²) in [7, 11) is 0. The maximum Gasteiger partial charge on any atom is 0.326 e. The van der Waals surface area contributed by atoms with E-state index < -0.39 is 11.9 Å². The molecule has 0 heterocycles. The molecule has 0 amide bonds. The Hall–Kier alpha value is -1.78. The van der Waals surface area contributed by atoms with Crippen LogP contribution in [0.4, 0.5) is 0 Å². The molecular formula is C15H12Cl2O4. The molecule has 2 rings (SSSR count). The first-order valence-corrected chi connectivity index (χ1v) is 7.19. The van der Waals surface area contributed by atoms with Gasteiger partial charge in [-0.15, -0.1) is 23.2 Å². The summed E-state index contributed by atoms with van der Waals surface area (Å²) < 4.78 is 10.5. The monoisotopic (exact) mass is 326 g/mol. The quantitative estimate of drug-likeness (QED) is 0.490. The molecule has 21 heavy (non-hydrogen) atoms. The molecule has 2 aromatic carbocycles. The lowest BCUT2D eigenvalue weighted by Crippen LogP contribution is -2.12. The van der Waals surface area contributed by atoms with Gasteiger partial charge in [-0.25, -0.2) is 0 Å². The Morgan fingerprint density at radius 2 is 1.57 bits per heavy atom. The zero-order chi connectivity index (χ0) is 15.4. The van der Waals surface area contributed by atoms with Crippen molar-refractivity contribution in [3.05, 3.63) is 35.9 Å². The standard InChI is InChI=1S/C15H12Cl2O4/c1-9-6-12(20-13(18)7-16)10-4-2-3-5-11(10)15(9)21-14(19)8-17/h2-6H,7-8H2,1H3. The van der Waals surface area contributed by atoms with E-state index in [2.05, 4.69) is 0 Å². The number of esters is 2. The molecule has 0 atom stereocenters. The fourth-order valence-corrected chi connectivity index (χ4v) is 2.07. The number of ether oxygens (including phenoxy) is 2. The maximum atomic E-state index is 11.4. The van der Waals surface area contributed by atoms with Gasteiger partial charge in [0.15, 0.2) is 0 Å². The minimum atomic E-state index is -0.549. The highest BCUT2D eigenvalue weighted by Gasteiger charge is 2.16. The van der Waals surface area contributed by atoms with Crippen molar-refractivity contribution in [1.82, 2.24) is 0 Å². The molecule has 110 valence electrons. The van der Waals surface area contributed by atoms with Gasteiger partial charge in [0.05, 0.1) is 0 Å². The second-order valence-electron chi connectivity index (χ2n) is 4.28. The molecule has 0 unspecified atom stereocenters. The molecule has 6 heteroatoms. The molecule has 0 spiro atoms. The number of fused-ring (bicyclic) bond motifs is 1. The minimum Gasteiger partial charge on any atom is -0.425 e. The van der Waals surface area contributed by atoms with Crippen molar-refractivity contribution in [2.24, 2.45) is 0 Å². The number of carbonyl (C=O) groups excluding carboxylic acids is 2. The summed E-state index contributed by atoms with van der Waals surface area (Å²) in [5, 5.41) is 1.31. The number of carbonyl (C=O) groups is 2. The van der Waals surface area contributed by atoms with Crippen LogP contribution in [0.3, 0.4) is 0 Å². The summed E-state index contributed by atoms with van der Waals surface area (Å²) in [5.41, 5.74) is 0.657. The first kappa shape index (κ1) is 15.6. The highest BCUT2D eigenvalue weighted by atomic mass is 35.5. The Morgan fingerprint density at radius 1 is 1.00 bits per heavy atom. The Labute approximate surface area is 131 Å². The third-order valence-electron chi connectivity index (χ3n) is 2.80. The number of halogens is 2. The first-order valence-electron chi connectivity index (χ1n) is 6.12. The van der Waals surface area contributed by atoms with Crippen LogP contribution in [-0.2, 0) is 9.59 Å². The van der Waals surface area contributed by atoms with E-state index in [4.69, 9.17) is 32.7 Å². The second kappa shape index (κ2) is 6.78.